The van der Waals surface area contributed by atoms with E-state index in [4.69, 9.17) is 11.6 Å². The molecule has 2 aromatic heterocycles. The monoisotopic (exact) mass is 335 g/mol. The molecule has 0 radical (unpaired) electrons. The van der Waals surface area contributed by atoms with Gasteiger partial charge in [0.2, 0.25) is 11.9 Å². The third-order valence-corrected chi connectivity index (χ3v) is 3.84. The molecule has 0 atom stereocenters. The first-order chi connectivity index (χ1) is 11.7. The van der Waals surface area contributed by atoms with Gasteiger partial charge in [0, 0.05) is 5.69 Å². The van der Waals surface area contributed by atoms with Gasteiger partial charge < -0.3 is 4.98 Å². The zero-order valence-electron chi connectivity index (χ0n) is 12.9. The molecule has 0 saturated heterocycles. The Hall–Kier alpha value is -2.92. The van der Waals surface area contributed by atoms with Crippen molar-refractivity contribution in [3.8, 4) is 11.1 Å². The number of imidazole rings is 1. The van der Waals surface area contributed by atoms with Crippen LogP contribution >= 0.6 is 11.6 Å². The Morgan fingerprint density at radius 1 is 0.917 bits per heavy atom. The van der Waals surface area contributed by atoms with E-state index in [0.29, 0.717) is 17.0 Å². The molecule has 0 aliphatic heterocycles. The predicted molar refractivity (Wildman–Crippen MR) is 96.6 cm³/mol. The van der Waals surface area contributed by atoms with Crippen LogP contribution in [0.25, 0.3) is 22.2 Å². The molecule has 0 aliphatic carbocycles. The van der Waals surface area contributed by atoms with Crippen molar-refractivity contribution in [2.24, 2.45) is 0 Å². The Morgan fingerprint density at radius 2 is 1.75 bits per heavy atom. The Bertz CT molecular complexity index is 990. The van der Waals surface area contributed by atoms with Crippen molar-refractivity contribution < 1.29 is 0 Å². The van der Waals surface area contributed by atoms with Crippen molar-refractivity contribution >= 4 is 34.5 Å². The van der Waals surface area contributed by atoms with Crippen molar-refractivity contribution in [1.82, 2.24) is 19.9 Å². The van der Waals surface area contributed by atoms with Gasteiger partial charge in [-0.15, -0.1) is 0 Å². The van der Waals surface area contributed by atoms with Crippen LogP contribution in [0.4, 0.5) is 11.9 Å². The number of aromatic nitrogens is 4. The standard InChI is InChI=1S/C18H14ClN5/c1-11-9-16(19)23-17(20-11)24-18-21-14-8-7-13(10-15(14)22-18)12-5-3-2-4-6-12/h2-10H,1H3,(H2,20,21,22,23,24). The number of anilines is 2. The van der Waals surface area contributed by atoms with E-state index in [-0.39, 0.29) is 0 Å². The topological polar surface area (TPSA) is 66.5 Å². The highest BCUT2D eigenvalue weighted by atomic mass is 35.5. The number of H-pyrrole nitrogens is 1. The maximum Gasteiger partial charge on any atom is 0.231 e. The zero-order chi connectivity index (χ0) is 16.5. The van der Waals surface area contributed by atoms with Gasteiger partial charge in [-0.1, -0.05) is 48.0 Å². The number of aromatic amines is 1. The van der Waals surface area contributed by atoms with Gasteiger partial charge in [0.25, 0.3) is 0 Å². The minimum Gasteiger partial charge on any atom is -0.324 e. The summed E-state index contributed by atoms with van der Waals surface area (Å²) in [6.07, 6.45) is 0. The molecule has 0 fully saturated rings. The second-order valence-corrected chi connectivity index (χ2v) is 5.85. The summed E-state index contributed by atoms with van der Waals surface area (Å²) in [4.78, 5) is 16.2. The van der Waals surface area contributed by atoms with Crippen molar-refractivity contribution in [3.05, 3.63) is 65.4 Å². The van der Waals surface area contributed by atoms with Crippen LogP contribution in [0.3, 0.4) is 0 Å². The molecular formula is C18H14ClN5. The van der Waals surface area contributed by atoms with Crippen molar-refractivity contribution in [1.29, 1.82) is 0 Å². The van der Waals surface area contributed by atoms with Crippen LogP contribution in [-0.4, -0.2) is 19.9 Å². The molecule has 4 aromatic rings. The summed E-state index contributed by atoms with van der Waals surface area (Å²) in [6.45, 7) is 1.86. The molecule has 2 aromatic carbocycles. The van der Waals surface area contributed by atoms with E-state index in [1.54, 1.807) is 6.07 Å². The van der Waals surface area contributed by atoms with Gasteiger partial charge >= 0.3 is 0 Å². The minimum absolute atomic E-state index is 0.396. The minimum atomic E-state index is 0.396. The number of fused-ring (bicyclic) bond motifs is 1. The molecule has 2 N–H and O–H groups in total. The Morgan fingerprint density at radius 3 is 2.54 bits per heavy atom. The number of hydrogen-bond acceptors (Lipinski definition) is 4. The number of rotatable bonds is 3. The second-order valence-electron chi connectivity index (χ2n) is 5.46. The second kappa shape index (κ2) is 5.94. The van der Waals surface area contributed by atoms with Crippen LogP contribution in [0, 0.1) is 6.92 Å². The highest BCUT2D eigenvalue weighted by Gasteiger charge is 2.07. The first kappa shape index (κ1) is 14.7. The molecule has 0 bridgehead atoms. The maximum atomic E-state index is 5.96. The van der Waals surface area contributed by atoms with E-state index in [9.17, 15) is 0 Å². The van der Waals surface area contributed by atoms with Crippen LogP contribution in [0.5, 0.6) is 0 Å². The number of hydrogen-bond donors (Lipinski definition) is 2. The average molecular weight is 336 g/mol. The fraction of sp³-hybridized carbons (Fsp3) is 0.0556. The third-order valence-electron chi connectivity index (χ3n) is 3.64. The van der Waals surface area contributed by atoms with Crippen LogP contribution in [-0.2, 0) is 0 Å². The molecular weight excluding hydrogens is 322 g/mol. The lowest BCUT2D eigenvalue weighted by Crippen LogP contribution is -1.99. The van der Waals surface area contributed by atoms with Gasteiger partial charge in [0.1, 0.15) is 5.15 Å². The average Bonchev–Trinajstić information content (AvgIpc) is 2.96. The maximum absolute atomic E-state index is 5.96. The SMILES string of the molecule is Cc1cc(Cl)nc(Nc2nc3ccc(-c4ccccc4)cc3[nH]2)n1. The quantitative estimate of drug-likeness (QED) is 0.531. The smallest absolute Gasteiger partial charge is 0.231 e. The molecule has 0 aliphatic rings. The van der Waals surface area contributed by atoms with Gasteiger partial charge in [-0.25, -0.2) is 15.0 Å². The molecule has 6 heteroatoms. The Labute approximate surface area is 143 Å². The third kappa shape index (κ3) is 2.94. The van der Waals surface area contributed by atoms with E-state index in [1.165, 1.54) is 0 Å². The van der Waals surface area contributed by atoms with Gasteiger partial charge in [0.15, 0.2) is 0 Å². The summed E-state index contributed by atoms with van der Waals surface area (Å²) >= 11 is 5.96. The molecule has 24 heavy (non-hydrogen) atoms. The fourth-order valence-electron chi connectivity index (χ4n) is 2.57. The Balaban J connectivity index is 1.68. The molecule has 5 nitrogen and oxygen atoms in total. The number of nitrogens with zero attached hydrogens (tertiary/aromatic N) is 3. The van der Waals surface area contributed by atoms with Crippen LogP contribution in [0.1, 0.15) is 5.69 Å². The van der Waals surface area contributed by atoms with Crippen LogP contribution in [0.2, 0.25) is 5.15 Å². The summed E-state index contributed by atoms with van der Waals surface area (Å²) in [5.41, 5.74) is 4.90. The van der Waals surface area contributed by atoms with Crippen molar-refractivity contribution in [3.63, 3.8) is 0 Å². The summed E-state index contributed by atoms with van der Waals surface area (Å²) in [5, 5.41) is 3.46. The molecule has 0 spiro atoms. The highest BCUT2D eigenvalue weighted by molar-refractivity contribution is 6.29. The zero-order valence-corrected chi connectivity index (χ0v) is 13.7. The summed E-state index contributed by atoms with van der Waals surface area (Å²) in [6, 6.07) is 18.1. The molecule has 118 valence electrons. The van der Waals surface area contributed by atoms with Crippen LogP contribution in [0.15, 0.2) is 54.6 Å². The lowest BCUT2D eigenvalue weighted by Gasteiger charge is -2.02. The fourth-order valence-corrected chi connectivity index (χ4v) is 2.81. The van der Waals surface area contributed by atoms with E-state index >= 15 is 0 Å². The van der Waals surface area contributed by atoms with Crippen molar-refractivity contribution in [2.75, 3.05) is 5.32 Å². The van der Waals surface area contributed by atoms with Gasteiger partial charge in [-0.05, 0) is 36.2 Å². The number of nitrogens with one attached hydrogen (secondary N) is 2. The van der Waals surface area contributed by atoms with Crippen LogP contribution < -0.4 is 5.32 Å². The normalized spacial score (nSPS) is 10.9. The number of aryl methyl sites for hydroxylation is 1. The van der Waals surface area contributed by atoms with Gasteiger partial charge in [-0.2, -0.15) is 0 Å². The largest absolute Gasteiger partial charge is 0.324 e. The first-order valence-corrected chi connectivity index (χ1v) is 7.88. The van der Waals surface area contributed by atoms with Gasteiger partial charge in [0.05, 0.1) is 11.0 Å². The Kier molecular flexibility index (Phi) is 3.63. The van der Waals surface area contributed by atoms with E-state index in [2.05, 4.69) is 49.5 Å². The van der Waals surface area contributed by atoms with E-state index < -0.39 is 0 Å². The molecule has 0 amide bonds. The van der Waals surface area contributed by atoms with Gasteiger partial charge in [-0.3, -0.25) is 5.32 Å². The summed E-state index contributed by atoms with van der Waals surface area (Å²) < 4.78 is 0. The van der Waals surface area contributed by atoms with Crippen molar-refractivity contribution in [2.45, 2.75) is 6.92 Å². The molecule has 0 unspecified atom stereocenters. The summed E-state index contributed by atoms with van der Waals surface area (Å²) in [5.74, 6) is 0.999. The predicted octanol–water partition coefficient (Wildman–Crippen LogP) is 4.73. The summed E-state index contributed by atoms with van der Waals surface area (Å²) in [7, 11) is 0. The molecule has 2 heterocycles. The lowest BCUT2D eigenvalue weighted by molar-refractivity contribution is 1.09. The number of benzene rings is 2. The molecule has 0 saturated carbocycles. The highest BCUT2D eigenvalue weighted by Crippen LogP contribution is 2.24. The first-order valence-electron chi connectivity index (χ1n) is 7.51. The number of halogens is 1. The lowest BCUT2D eigenvalue weighted by atomic mass is 10.1. The van der Waals surface area contributed by atoms with E-state index in [0.717, 1.165) is 27.9 Å². The van der Waals surface area contributed by atoms with E-state index in [1.807, 2.05) is 31.2 Å². The molecule has 4 rings (SSSR count).